The zero-order chi connectivity index (χ0) is 18.4. The molecule has 0 bridgehead atoms. The van der Waals surface area contributed by atoms with Crippen LogP contribution in [0, 0.1) is 11.7 Å². The van der Waals surface area contributed by atoms with Crippen molar-refractivity contribution in [3.05, 3.63) is 58.3 Å². The first kappa shape index (κ1) is 19.2. The van der Waals surface area contributed by atoms with Gasteiger partial charge in [0.25, 0.3) is 0 Å². The summed E-state index contributed by atoms with van der Waals surface area (Å²) in [6.07, 6.45) is -1.08. The number of ether oxygens (including phenoxy) is 1. The molecule has 0 aliphatic carbocycles. The summed E-state index contributed by atoms with van der Waals surface area (Å²) < 4.78 is 20.0. The average Bonchev–Trinajstić information content (AvgIpc) is 2.57. The highest BCUT2D eigenvalue weighted by atomic mass is 79.9. The van der Waals surface area contributed by atoms with Crippen molar-refractivity contribution in [2.45, 2.75) is 19.4 Å². The molecule has 0 aromatic heterocycles. The smallest absolute Gasteiger partial charge is 0.412 e. The maximum absolute atomic E-state index is 13.7. The van der Waals surface area contributed by atoms with Crippen molar-refractivity contribution < 1.29 is 24.1 Å². The summed E-state index contributed by atoms with van der Waals surface area (Å²) in [6, 6.07) is 10.8. The number of phenolic OH excluding ortho intramolecular Hbond substituents is 1. The lowest BCUT2D eigenvalue weighted by molar-refractivity contribution is 0.0665. The molecule has 0 heterocycles. The normalized spacial score (nSPS) is 13.1. The van der Waals surface area contributed by atoms with Crippen LogP contribution >= 0.6 is 15.9 Å². The highest BCUT2D eigenvalue weighted by Gasteiger charge is 2.24. The molecule has 1 amide bonds. The number of hydrogen-bond acceptors (Lipinski definition) is 4. The minimum Gasteiger partial charge on any atom is -0.505 e. The van der Waals surface area contributed by atoms with Gasteiger partial charge in [0.05, 0.1) is 0 Å². The van der Waals surface area contributed by atoms with Gasteiger partial charge in [-0.2, -0.15) is 0 Å². The zero-order valence-electron chi connectivity index (χ0n) is 13.6. The van der Waals surface area contributed by atoms with Gasteiger partial charge in [0.1, 0.15) is 6.10 Å². The summed E-state index contributed by atoms with van der Waals surface area (Å²) in [4.78, 5) is 12.2. The van der Waals surface area contributed by atoms with E-state index in [1.54, 1.807) is 31.2 Å². The lowest BCUT2D eigenvalue weighted by Gasteiger charge is -2.24. The number of carbonyl (C=O) groups is 1. The van der Waals surface area contributed by atoms with Crippen molar-refractivity contribution in [3.63, 3.8) is 0 Å². The van der Waals surface area contributed by atoms with Gasteiger partial charge >= 0.3 is 6.09 Å². The van der Waals surface area contributed by atoms with Crippen molar-refractivity contribution in [2.24, 2.45) is 5.92 Å². The molecule has 0 aliphatic rings. The predicted molar refractivity (Wildman–Crippen MR) is 95.9 cm³/mol. The second kappa shape index (κ2) is 8.82. The molecule has 0 unspecified atom stereocenters. The molecule has 2 rings (SSSR count). The van der Waals surface area contributed by atoms with E-state index in [-0.39, 0.29) is 12.5 Å². The molecule has 2 atom stereocenters. The molecular formula is C18H19BrFNO4. The van der Waals surface area contributed by atoms with E-state index in [1.807, 2.05) is 0 Å². The summed E-state index contributed by atoms with van der Waals surface area (Å²) in [5, 5.41) is 21.1. The first-order valence-electron chi connectivity index (χ1n) is 7.73. The Morgan fingerprint density at radius 1 is 1.28 bits per heavy atom. The minimum absolute atomic E-state index is 0.0874. The van der Waals surface area contributed by atoms with E-state index in [4.69, 9.17) is 9.84 Å². The van der Waals surface area contributed by atoms with E-state index >= 15 is 0 Å². The number of amides is 1. The van der Waals surface area contributed by atoms with E-state index in [0.29, 0.717) is 17.7 Å². The molecule has 7 heteroatoms. The van der Waals surface area contributed by atoms with Crippen molar-refractivity contribution in [3.8, 4) is 5.75 Å². The number of aliphatic hydroxyl groups is 1. The highest BCUT2D eigenvalue weighted by Crippen LogP contribution is 2.31. The Bertz CT molecular complexity index is 724. The number of rotatable bonds is 6. The summed E-state index contributed by atoms with van der Waals surface area (Å²) in [6.45, 7) is 1.70. The number of nitrogens with one attached hydrogen (secondary N) is 1. The molecule has 134 valence electrons. The van der Waals surface area contributed by atoms with Crippen LogP contribution in [-0.2, 0) is 4.74 Å². The molecule has 0 fully saturated rings. The number of anilines is 1. The van der Waals surface area contributed by atoms with Gasteiger partial charge in [-0.1, -0.05) is 28.9 Å². The van der Waals surface area contributed by atoms with E-state index in [1.165, 1.54) is 12.1 Å². The van der Waals surface area contributed by atoms with Crippen LogP contribution in [0.3, 0.4) is 0 Å². The van der Waals surface area contributed by atoms with Gasteiger partial charge in [-0.15, -0.1) is 0 Å². The van der Waals surface area contributed by atoms with E-state index in [2.05, 4.69) is 21.2 Å². The van der Waals surface area contributed by atoms with E-state index in [9.17, 15) is 14.3 Å². The summed E-state index contributed by atoms with van der Waals surface area (Å²) >= 11 is 3.31. The average molecular weight is 412 g/mol. The number of aliphatic hydroxyl groups excluding tert-OH is 1. The molecule has 0 saturated carbocycles. The summed E-state index contributed by atoms with van der Waals surface area (Å²) in [7, 11) is 0. The van der Waals surface area contributed by atoms with Gasteiger partial charge in [0, 0.05) is 16.8 Å². The maximum atomic E-state index is 13.7. The molecule has 0 aliphatic heterocycles. The van der Waals surface area contributed by atoms with Gasteiger partial charge < -0.3 is 14.9 Å². The Kier molecular flexibility index (Phi) is 6.78. The van der Waals surface area contributed by atoms with Crippen LogP contribution in [0.5, 0.6) is 5.75 Å². The van der Waals surface area contributed by atoms with Gasteiger partial charge in [0.15, 0.2) is 11.6 Å². The number of carbonyl (C=O) groups excluding carboxylic acids is 1. The van der Waals surface area contributed by atoms with Gasteiger partial charge in [-0.05, 0) is 54.3 Å². The Morgan fingerprint density at radius 3 is 2.56 bits per heavy atom. The molecule has 25 heavy (non-hydrogen) atoms. The molecule has 2 aromatic rings. The lowest BCUT2D eigenvalue weighted by Crippen LogP contribution is -2.22. The fourth-order valence-electron chi connectivity index (χ4n) is 2.36. The molecule has 3 N–H and O–H groups in total. The predicted octanol–water partition coefficient (Wildman–Crippen LogP) is 4.60. The van der Waals surface area contributed by atoms with Crippen molar-refractivity contribution in [1.29, 1.82) is 0 Å². The molecule has 0 radical (unpaired) electrons. The SMILES string of the molecule is C[C@@H](CCO)[C@H](OC(=O)Nc1ccc(Br)cc1)c1ccc(O)c(F)c1. The van der Waals surface area contributed by atoms with Gasteiger partial charge in [0.2, 0.25) is 0 Å². The fraction of sp³-hybridized carbons (Fsp3) is 0.278. The second-order valence-corrected chi connectivity index (χ2v) is 6.57. The lowest BCUT2D eigenvalue weighted by atomic mass is 9.94. The van der Waals surface area contributed by atoms with Gasteiger partial charge in [-0.3, -0.25) is 5.32 Å². The molecule has 0 spiro atoms. The van der Waals surface area contributed by atoms with Gasteiger partial charge in [-0.25, -0.2) is 9.18 Å². The van der Waals surface area contributed by atoms with Crippen LogP contribution in [0.4, 0.5) is 14.9 Å². The van der Waals surface area contributed by atoms with Crippen LogP contribution in [0.25, 0.3) is 0 Å². The maximum Gasteiger partial charge on any atom is 0.412 e. The number of hydrogen-bond donors (Lipinski definition) is 3. The van der Waals surface area contributed by atoms with Crippen LogP contribution < -0.4 is 5.32 Å². The van der Waals surface area contributed by atoms with Crippen LogP contribution in [0.2, 0.25) is 0 Å². The quantitative estimate of drug-likeness (QED) is 0.648. The number of phenols is 1. The van der Waals surface area contributed by atoms with Crippen molar-refractivity contribution in [1.82, 2.24) is 0 Å². The fourth-order valence-corrected chi connectivity index (χ4v) is 2.63. The number of benzene rings is 2. The number of halogens is 2. The largest absolute Gasteiger partial charge is 0.505 e. The zero-order valence-corrected chi connectivity index (χ0v) is 15.2. The first-order chi connectivity index (χ1) is 11.9. The molecule has 2 aromatic carbocycles. The van der Waals surface area contributed by atoms with Crippen LogP contribution in [-0.4, -0.2) is 22.9 Å². The second-order valence-electron chi connectivity index (χ2n) is 5.66. The Labute approximate surface area is 153 Å². The third-order valence-electron chi connectivity index (χ3n) is 3.73. The first-order valence-corrected chi connectivity index (χ1v) is 8.52. The number of aromatic hydroxyl groups is 1. The van der Waals surface area contributed by atoms with Crippen molar-refractivity contribution in [2.75, 3.05) is 11.9 Å². The third-order valence-corrected chi connectivity index (χ3v) is 4.25. The summed E-state index contributed by atoms with van der Waals surface area (Å²) in [5.41, 5.74) is 0.959. The minimum atomic E-state index is -0.796. The molecule has 5 nitrogen and oxygen atoms in total. The topological polar surface area (TPSA) is 78.8 Å². The highest BCUT2D eigenvalue weighted by molar-refractivity contribution is 9.10. The Morgan fingerprint density at radius 2 is 1.96 bits per heavy atom. The molecular weight excluding hydrogens is 393 g/mol. The molecule has 0 saturated heterocycles. The monoisotopic (exact) mass is 411 g/mol. The van der Waals surface area contributed by atoms with Crippen LogP contribution in [0.1, 0.15) is 25.0 Å². The van der Waals surface area contributed by atoms with Crippen LogP contribution in [0.15, 0.2) is 46.9 Å². The Hall–Kier alpha value is -2.12. The van der Waals surface area contributed by atoms with Crippen molar-refractivity contribution >= 4 is 27.7 Å². The standard InChI is InChI=1S/C18H19BrFNO4/c1-11(8-9-22)17(12-2-7-16(23)15(20)10-12)25-18(24)21-14-5-3-13(19)4-6-14/h2-7,10-11,17,22-23H,8-9H2,1H3,(H,21,24)/t11-,17-/m0/s1. The summed E-state index contributed by atoms with van der Waals surface area (Å²) in [5.74, 6) is -1.52. The van der Waals surface area contributed by atoms with E-state index < -0.39 is 23.8 Å². The van der Waals surface area contributed by atoms with E-state index in [0.717, 1.165) is 10.5 Å². The third kappa shape index (κ3) is 5.44. The Balaban J connectivity index is 2.15.